The molecule has 1 saturated heterocycles. The molecule has 1 aliphatic heterocycles. The fourth-order valence-corrected chi connectivity index (χ4v) is 4.04. The fraction of sp³-hybridized carbons (Fsp3) is 0.333. The van der Waals surface area contributed by atoms with E-state index in [2.05, 4.69) is 10.6 Å². The summed E-state index contributed by atoms with van der Waals surface area (Å²) in [5.41, 5.74) is 2.80. The Bertz CT molecular complexity index is 825. The highest BCUT2D eigenvalue weighted by Crippen LogP contribution is 2.17. The number of anilines is 1. The number of nitrogens with one attached hydrogen (secondary N) is 2. The maximum absolute atomic E-state index is 12.2. The van der Waals surface area contributed by atoms with E-state index >= 15 is 0 Å². The predicted octanol–water partition coefficient (Wildman–Crippen LogP) is 4.52. The maximum Gasteiger partial charge on any atom is 0.321 e. The summed E-state index contributed by atoms with van der Waals surface area (Å²) in [4.78, 5) is 26.1. The van der Waals surface area contributed by atoms with Crippen LogP contribution in [0.25, 0.3) is 0 Å². The molecule has 28 heavy (non-hydrogen) atoms. The quantitative estimate of drug-likeness (QED) is 0.696. The summed E-state index contributed by atoms with van der Waals surface area (Å²) < 4.78 is 0. The topological polar surface area (TPSA) is 61.4 Å². The Labute approximate surface area is 174 Å². The van der Waals surface area contributed by atoms with Crippen molar-refractivity contribution in [2.75, 3.05) is 24.2 Å². The lowest BCUT2D eigenvalue weighted by molar-refractivity contribution is -0.118. The summed E-state index contributed by atoms with van der Waals surface area (Å²) in [5.74, 6) is 1.11. The average molecular weight is 418 g/mol. The molecule has 0 bridgehead atoms. The second-order valence-electron chi connectivity index (χ2n) is 6.72. The Morgan fingerprint density at radius 1 is 1.04 bits per heavy atom. The number of hydrogen-bond donors (Lipinski definition) is 2. The van der Waals surface area contributed by atoms with E-state index in [9.17, 15) is 9.59 Å². The van der Waals surface area contributed by atoms with E-state index in [0.717, 1.165) is 48.5 Å². The van der Waals surface area contributed by atoms with Crippen molar-refractivity contribution in [3.05, 3.63) is 64.7 Å². The molecule has 1 fully saturated rings. The van der Waals surface area contributed by atoms with Crippen LogP contribution >= 0.6 is 23.4 Å². The number of benzene rings is 2. The third-order valence-electron chi connectivity index (χ3n) is 4.45. The van der Waals surface area contributed by atoms with E-state index < -0.39 is 0 Å². The van der Waals surface area contributed by atoms with Gasteiger partial charge in [0.2, 0.25) is 5.91 Å². The van der Waals surface area contributed by atoms with Crippen molar-refractivity contribution in [2.45, 2.75) is 25.1 Å². The van der Waals surface area contributed by atoms with E-state index in [1.54, 1.807) is 11.8 Å². The second-order valence-corrected chi connectivity index (χ2v) is 8.15. The molecule has 5 nitrogen and oxygen atoms in total. The number of carbonyl (C=O) groups excluding carboxylic acids is 2. The highest BCUT2D eigenvalue weighted by Gasteiger charge is 2.17. The highest BCUT2D eigenvalue weighted by molar-refractivity contribution is 7.99. The summed E-state index contributed by atoms with van der Waals surface area (Å²) in [6, 6.07) is 15.2. The lowest BCUT2D eigenvalue weighted by Gasteiger charge is -2.16. The monoisotopic (exact) mass is 417 g/mol. The van der Waals surface area contributed by atoms with E-state index in [-0.39, 0.29) is 11.9 Å². The summed E-state index contributed by atoms with van der Waals surface area (Å²) in [6.07, 6.45) is 2.13. The van der Waals surface area contributed by atoms with E-state index in [0.29, 0.717) is 17.3 Å². The van der Waals surface area contributed by atoms with Crippen molar-refractivity contribution >= 4 is 41.0 Å². The third-order valence-corrected chi connectivity index (χ3v) is 5.69. The van der Waals surface area contributed by atoms with Gasteiger partial charge in [0.25, 0.3) is 0 Å². The molecule has 0 radical (unpaired) electrons. The zero-order chi connectivity index (χ0) is 19.8. The molecule has 0 unspecified atom stereocenters. The van der Waals surface area contributed by atoms with Gasteiger partial charge >= 0.3 is 6.03 Å². The predicted molar refractivity (Wildman–Crippen MR) is 116 cm³/mol. The van der Waals surface area contributed by atoms with Gasteiger partial charge in [-0.25, -0.2) is 4.79 Å². The molecular weight excluding hydrogens is 394 g/mol. The lowest BCUT2D eigenvalue weighted by Crippen LogP contribution is -2.32. The first kappa shape index (κ1) is 20.6. The minimum atomic E-state index is -0.0592. The molecule has 0 aliphatic carbocycles. The van der Waals surface area contributed by atoms with Crippen LogP contribution in [0.4, 0.5) is 10.5 Å². The van der Waals surface area contributed by atoms with Gasteiger partial charge in [-0.05, 0) is 48.2 Å². The van der Waals surface area contributed by atoms with Crippen LogP contribution in [0.3, 0.4) is 0 Å². The fourth-order valence-electron chi connectivity index (χ4n) is 3.02. The van der Waals surface area contributed by atoms with Crippen LogP contribution in [-0.2, 0) is 17.1 Å². The summed E-state index contributed by atoms with van der Waals surface area (Å²) in [5, 5.41) is 6.56. The van der Waals surface area contributed by atoms with Gasteiger partial charge in [-0.1, -0.05) is 35.9 Å². The number of carbonyl (C=O) groups is 2. The van der Waals surface area contributed by atoms with Crippen molar-refractivity contribution in [3.63, 3.8) is 0 Å². The van der Waals surface area contributed by atoms with Crippen LogP contribution in [-0.4, -0.2) is 35.7 Å². The average Bonchev–Trinajstić information content (AvgIpc) is 3.22. The van der Waals surface area contributed by atoms with Crippen molar-refractivity contribution in [1.82, 2.24) is 10.2 Å². The normalized spacial score (nSPS) is 13.4. The Morgan fingerprint density at radius 2 is 1.79 bits per heavy atom. The molecule has 3 amide bonds. The minimum absolute atomic E-state index is 0.0152. The van der Waals surface area contributed by atoms with E-state index in [4.69, 9.17) is 11.6 Å². The van der Waals surface area contributed by atoms with Gasteiger partial charge in [0.05, 0.1) is 5.75 Å². The van der Waals surface area contributed by atoms with Crippen molar-refractivity contribution in [3.8, 4) is 0 Å². The number of amides is 3. The molecule has 0 spiro atoms. The van der Waals surface area contributed by atoms with Gasteiger partial charge in [-0.3, -0.25) is 4.79 Å². The number of thioether (sulfide) groups is 1. The smallest absolute Gasteiger partial charge is 0.321 e. The molecule has 1 heterocycles. The van der Waals surface area contributed by atoms with Crippen LogP contribution in [0.15, 0.2) is 48.5 Å². The van der Waals surface area contributed by atoms with Crippen LogP contribution in [0.1, 0.15) is 24.0 Å². The number of nitrogens with zero attached hydrogens (tertiary/aromatic N) is 1. The van der Waals surface area contributed by atoms with E-state index in [1.807, 2.05) is 53.4 Å². The zero-order valence-electron chi connectivity index (χ0n) is 15.6. The molecule has 2 N–H and O–H groups in total. The van der Waals surface area contributed by atoms with Crippen LogP contribution in [0, 0.1) is 0 Å². The maximum atomic E-state index is 12.2. The molecule has 7 heteroatoms. The summed E-state index contributed by atoms with van der Waals surface area (Å²) in [7, 11) is 0. The number of likely N-dealkylation sites (tertiary alicyclic amines) is 1. The Balaban J connectivity index is 1.41. The van der Waals surface area contributed by atoms with E-state index in [1.165, 1.54) is 0 Å². The van der Waals surface area contributed by atoms with Gasteiger partial charge in [0.15, 0.2) is 0 Å². The zero-order valence-corrected chi connectivity index (χ0v) is 17.2. The van der Waals surface area contributed by atoms with Gasteiger partial charge in [0, 0.05) is 36.1 Å². The molecule has 0 aromatic heterocycles. The van der Waals surface area contributed by atoms with Gasteiger partial charge in [0.1, 0.15) is 0 Å². The van der Waals surface area contributed by atoms with Gasteiger partial charge < -0.3 is 15.5 Å². The summed E-state index contributed by atoms with van der Waals surface area (Å²) in [6.45, 7) is 2.06. The number of hydrogen-bond acceptors (Lipinski definition) is 3. The second kappa shape index (κ2) is 10.4. The van der Waals surface area contributed by atoms with Crippen molar-refractivity contribution < 1.29 is 9.59 Å². The standard InChI is InChI=1S/C21H24ClN3O2S/c22-18-7-3-6-17(11-18)14-28-15-20(26)23-13-16-5-4-8-19(12-16)24-21(27)25-9-1-2-10-25/h3-8,11-12H,1-2,9-10,13-15H2,(H,23,26)(H,24,27). The lowest BCUT2D eigenvalue weighted by atomic mass is 10.2. The Kier molecular flexibility index (Phi) is 7.62. The first-order valence-corrected chi connectivity index (χ1v) is 10.9. The molecule has 148 valence electrons. The first-order valence-electron chi connectivity index (χ1n) is 9.34. The molecular formula is C21H24ClN3O2S. The minimum Gasteiger partial charge on any atom is -0.351 e. The SMILES string of the molecule is O=C(CSCc1cccc(Cl)c1)NCc1cccc(NC(=O)N2CCCC2)c1. The van der Waals surface area contributed by atoms with Crippen LogP contribution in [0.2, 0.25) is 5.02 Å². The van der Waals surface area contributed by atoms with Crippen LogP contribution < -0.4 is 10.6 Å². The summed E-state index contributed by atoms with van der Waals surface area (Å²) >= 11 is 7.52. The molecule has 2 aromatic rings. The number of urea groups is 1. The van der Waals surface area contributed by atoms with Crippen molar-refractivity contribution in [2.24, 2.45) is 0 Å². The number of halogens is 1. The third kappa shape index (κ3) is 6.46. The molecule has 3 rings (SSSR count). The molecule has 0 saturated carbocycles. The molecule has 0 atom stereocenters. The number of rotatable bonds is 7. The largest absolute Gasteiger partial charge is 0.351 e. The first-order chi connectivity index (χ1) is 13.6. The van der Waals surface area contributed by atoms with Gasteiger partial charge in [-0.2, -0.15) is 0 Å². The van der Waals surface area contributed by atoms with Gasteiger partial charge in [-0.15, -0.1) is 11.8 Å². The molecule has 2 aromatic carbocycles. The Morgan fingerprint density at radius 3 is 2.57 bits per heavy atom. The Hall–Kier alpha value is -2.18. The van der Waals surface area contributed by atoms with Crippen LogP contribution in [0.5, 0.6) is 0 Å². The van der Waals surface area contributed by atoms with Crippen molar-refractivity contribution in [1.29, 1.82) is 0 Å². The molecule has 1 aliphatic rings. The highest BCUT2D eigenvalue weighted by atomic mass is 35.5.